The highest BCUT2D eigenvalue weighted by atomic mass is 35.5. The molecule has 3 aromatic rings. The monoisotopic (exact) mass is 379 g/mol. The summed E-state index contributed by atoms with van der Waals surface area (Å²) in [6, 6.07) is 12.0. The number of carbonyl (C=O) groups excluding carboxylic acids is 1. The van der Waals surface area contributed by atoms with Crippen molar-refractivity contribution >= 4 is 40.0 Å². The lowest BCUT2D eigenvalue weighted by Gasteiger charge is -2.08. The first-order valence-corrected chi connectivity index (χ1v) is 8.69. The summed E-state index contributed by atoms with van der Waals surface area (Å²) in [5.74, 6) is -1.20. The summed E-state index contributed by atoms with van der Waals surface area (Å²) >= 11 is 5.91. The van der Waals surface area contributed by atoms with Crippen molar-refractivity contribution < 1.29 is 19.1 Å². The second-order valence-corrected chi connectivity index (χ2v) is 6.68. The molecule has 0 spiro atoms. The first kappa shape index (κ1) is 17.2. The maximum atomic E-state index is 12.7. The molecule has 1 aliphatic rings. The predicted molar refractivity (Wildman–Crippen MR) is 102 cm³/mol. The van der Waals surface area contributed by atoms with Gasteiger partial charge in [0.25, 0.3) is 0 Å². The van der Waals surface area contributed by atoms with Gasteiger partial charge in [0.15, 0.2) is 17.8 Å². The third kappa shape index (κ3) is 3.29. The van der Waals surface area contributed by atoms with Crippen LogP contribution < -0.4 is 0 Å². The molecule has 4 rings (SSSR count). The Labute approximate surface area is 159 Å². The number of hydrogen-bond donors (Lipinski definition) is 1. The molecule has 5 nitrogen and oxygen atoms in total. The lowest BCUT2D eigenvalue weighted by Crippen LogP contribution is -2.07. The Morgan fingerprint density at radius 3 is 2.67 bits per heavy atom. The van der Waals surface area contributed by atoms with Gasteiger partial charge in [0.05, 0.1) is 5.57 Å². The number of ketones is 1. The predicted octanol–water partition coefficient (Wildman–Crippen LogP) is 4.92. The van der Waals surface area contributed by atoms with Crippen molar-refractivity contribution in [1.29, 1.82) is 0 Å². The fourth-order valence-electron chi connectivity index (χ4n) is 3.26. The van der Waals surface area contributed by atoms with E-state index >= 15 is 0 Å². The summed E-state index contributed by atoms with van der Waals surface area (Å²) < 4.78 is 5.23. The molecule has 1 aromatic heterocycles. The highest BCUT2D eigenvalue weighted by Gasteiger charge is 2.26. The quantitative estimate of drug-likeness (QED) is 0.636. The van der Waals surface area contributed by atoms with Gasteiger partial charge in [-0.1, -0.05) is 29.8 Å². The Morgan fingerprint density at radius 1 is 1.15 bits per heavy atom. The van der Waals surface area contributed by atoms with Gasteiger partial charge in [0, 0.05) is 17.0 Å². The van der Waals surface area contributed by atoms with Crippen LogP contribution in [0, 0.1) is 0 Å². The van der Waals surface area contributed by atoms with E-state index in [9.17, 15) is 14.7 Å². The molecule has 0 radical (unpaired) electrons. The number of Topliss-reactive ketones (excluding diaryl/α,β-unsaturated/α-hetero) is 1. The molecule has 2 aromatic carbocycles. The summed E-state index contributed by atoms with van der Waals surface area (Å²) in [6.07, 6.45) is 3.63. The Balaban J connectivity index is 1.64. The van der Waals surface area contributed by atoms with Crippen LogP contribution in [-0.2, 0) is 4.79 Å². The van der Waals surface area contributed by atoms with Crippen molar-refractivity contribution in [3.05, 3.63) is 82.2 Å². The molecule has 0 fully saturated rings. The topological polar surface area (TPSA) is 80.4 Å². The van der Waals surface area contributed by atoms with Gasteiger partial charge in [-0.2, -0.15) is 0 Å². The molecule has 0 amide bonds. The largest absolute Gasteiger partial charge is 0.478 e. The third-order valence-corrected chi connectivity index (χ3v) is 4.82. The Morgan fingerprint density at radius 2 is 1.93 bits per heavy atom. The minimum Gasteiger partial charge on any atom is -0.478 e. The molecule has 27 heavy (non-hydrogen) atoms. The fraction of sp³-hybridized carbons (Fsp3) is 0.0952. The number of hydrogen-bond acceptors (Lipinski definition) is 4. The number of carboxylic acid groups (broad SMARTS) is 1. The lowest BCUT2D eigenvalue weighted by molar-refractivity contribution is -0.132. The number of benzene rings is 2. The third-order valence-electron chi connectivity index (χ3n) is 4.57. The van der Waals surface area contributed by atoms with E-state index in [1.807, 2.05) is 6.08 Å². The van der Waals surface area contributed by atoms with Crippen molar-refractivity contribution in [2.75, 3.05) is 0 Å². The number of aliphatic carboxylic acids is 1. The van der Waals surface area contributed by atoms with Gasteiger partial charge >= 0.3 is 5.97 Å². The molecule has 0 atom stereocenters. The smallest absolute Gasteiger partial charge is 0.336 e. The minimum atomic E-state index is -1.04. The van der Waals surface area contributed by atoms with Crippen LogP contribution in [0.25, 0.3) is 16.7 Å². The average molecular weight is 380 g/mol. The number of halogens is 1. The molecule has 1 N–H and O–H groups in total. The molecule has 0 aliphatic heterocycles. The molecular formula is C21H14ClNO4. The highest BCUT2D eigenvalue weighted by molar-refractivity contribution is 6.30. The zero-order chi connectivity index (χ0) is 19.0. The van der Waals surface area contributed by atoms with Crippen molar-refractivity contribution in [2.24, 2.45) is 0 Å². The van der Waals surface area contributed by atoms with Crippen LogP contribution in [0.15, 0.2) is 70.5 Å². The van der Waals surface area contributed by atoms with Crippen molar-refractivity contribution in [1.82, 2.24) is 4.98 Å². The zero-order valence-corrected chi connectivity index (χ0v) is 14.9. The van der Waals surface area contributed by atoms with Crippen LogP contribution >= 0.6 is 11.6 Å². The maximum Gasteiger partial charge on any atom is 0.336 e. The molecule has 0 saturated carbocycles. The first-order valence-electron chi connectivity index (χ1n) is 8.31. The Hall–Kier alpha value is -3.18. The number of carbonyl (C=O) groups is 2. The van der Waals surface area contributed by atoms with Crippen LogP contribution in [-0.4, -0.2) is 21.8 Å². The van der Waals surface area contributed by atoms with E-state index in [1.54, 1.807) is 42.5 Å². The molecule has 0 saturated heterocycles. The van der Waals surface area contributed by atoms with Gasteiger partial charge in [-0.15, -0.1) is 0 Å². The second-order valence-electron chi connectivity index (χ2n) is 6.25. The van der Waals surface area contributed by atoms with E-state index in [-0.39, 0.29) is 17.8 Å². The fourth-order valence-corrected chi connectivity index (χ4v) is 3.39. The van der Waals surface area contributed by atoms with E-state index in [4.69, 9.17) is 16.0 Å². The van der Waals surface area contributed by atoms with Crippen LogP contribution in [0.2, 0.25) is 5.02 Å². The van der Waals surface area contributed by atoms with Gasteiger partial charge in [-0.3, -0.25) is 4.79 Å². The number of oxazole rings is 1. The molecule has 1 heterocycles. The highest BCUT2D eigenvalue weighted by Crippen LogP contribution is 2.36. The number of allylic oxidation sites excluding steroid dienone is 2. The van der Waals surface area contributed by atoms with E-state index in [2.05, 4.69) is 4.98 Å². The minimum absolute atomic E-state index is 0.0366. The van der Waals surface area contributed by atoms with E-state index in [0.717, 1.165) is 5.56 Å². The van der Waals surface area contributed by atoms with E-state index < -0.39 is 5.97 Å². The summed E-state index contributed by atoms with van der Waals surface area (Å²) in [5, 5.41) is 10.3. The van der Waals surface area contributed by atoms with Crippen LogP contribution in [0.5, 0.6) is 0 Å². The Kier molecular flexibility index (Phi) is 4.38. The molecule has 0 unspecified atom stereocenters. The molecule has 1 aliphatic carbocycles. The maximum absolute atomic E-state index is 12.7. The SMILES string of the molecule is O=C(O)C1=C(CC(=O)c2ccc3ncoc3c2)CC=C1c1ccc(Cl)cc1. The first-order chi connectivity index (χ1) is 13.0. The van der Waals surface area contributed by atoms with Gasteiger partial charge in [0.1, 0.15) is 5.52 Å². The number of aromatic nitrogens is 1. The van der Waals surface area contributed by atoms with Crippen molar-refractivity contribution in [3.8, 4) is 0 Å². The summed E-state index contributed by atoms with van der Waals surface area (Å²) in [7, 11) is 0. The van der Waals surface area contributed by atoms with Crippen molar-refractivity contribution in [2.45, 2.75) is 12.8 Å². The van der Waals surface area contributed by atoms with Gasteiger partial charge in [-0.25, -0.2) is 9.78 Å². The van der Waals surface area contributed by atoms with Crippen LogP contribution in [0.3, 0.4) is 0 Å². The number of fused-ring (bicyclic) bond motifs is 1. The number of rotatable bonds is 5. The van der Waals surface area contributed by atoms with E-state index in [0.29, 0.717) is 39.3 Å². The van der Waals surface area contributed by atoms with Gasteiger partial charge in [-0.05, 0) is 53.5 Å². The number of carboxylic acids is 1. The Bertz CT molecular complexity index is 1120. The summed E-state index contributed by atoms with van der Waals surface area (Å²) in [4.78, 5) is 28.6. The number of nitrogens with zero attached hydrogens (tertiary/aromatic N) is 1. The van der Waals surface area contributed by atoms with Gasteiger partial charge < -0.3 is 9.52 Å². The summed E-state index contributed by atoms with van der Waals surface area (Å²) in [6.45, 7) is 0. The standard InChI is InChI=1S/C21H14ClNO4/c22-15-5-1-12(2-6-15)16-7-3-14(20(16)21(25)26)9-18(24)13-4-8-17-19(10-13)27-11-23-17/h1-2,4-8,10-11H,3,9H2,(H,25,26). The molecular weight excluding hydrogens is 366 g/mol. The van der Waals surface area contributed by atoms with Crippen LogP contribution in [0.4, 0.5) is 0 Å². The molecule has 134 valence electrons. The van der Waals surface area contributed by atoms with Gasteiger partial charge in [0.2, 0.25) is 0 Å². The second kappa shape index (κ2) is 6.85. The average Bonchev–Trinajstić information content (AvgIpc) is 3.28. The summed E-state index contributed by atoms with van der Waals surface area (Å²) in [5.41, 5.74) is 3.83. The molecule has 0 bridgehead atoms. The normalized spacial score (nSPS) is 13.9. The molecule has 6 heteroatoms. The van der Waals surface area contributed by atoms with E-state index in [1.165, 1.54) is 6.39 Å². The lowest BCUT2D eigenvalue weighted by atomic mass is 9.95. The van der Waals surface area contributed by atoms with Crippen LogP contribution in [0.1, 0.15) is 28.8 Å². The van der Waals surface area contributed by atoms with Crippen molar-refractivity contribution in [3.63, 3.8) is 0 Å². The zero-order valence-electron chi connectivity index (χ0n) is 14.1.